The van der Waals surface area contributed by atoms with Crippen LogP contribution in [0.15, 0.2) is 18.2 Å². The minimum Gasteiger partial charge on any atom is -0.383 e. The van der Waals surface area contributed by atoms with Crippen LogP contribution in [0.3, 0.4) is 0 Å². The van der Waals surface area contributed by atoms with Gasteiger partial charge in [0.1, 0.15) is 0 Å². The minimum absolute atomic E-state index is 0.318. The molecule has 1 aromatic rings. The van der Waals surface area contributed by atoms with Gasteiger partial charge in [0.2, 0.25) is 0 Å². The second-order valence-corrected chi connectivity index (χ2v) is 5.42. The summed E-state index contributed by atoms with van der Waals surface area (Å²) < 4.78 is 10.6. The predicted molar refractivity (Wildman–Crippen MR) is 82.4 cm³/mol. The van der Waals surface area contributed by atoms with Crippen LogP contribution in [-0.2, 0) is 16.0 Å². The molecule has 0 radical (unpaired) electrons. The number of nitrogens with one attached hydrogen (secondary N) is 1. The van der Waals surface area contributed by atoms with Crippen LogP contribution in [-0.4, -0.2) is 46.1 Å². The van der Waals surface area contributed by atoms with E-state index in [4.69, 9.17) is 9.47 Å². The second-order valence-electron chi connectivity index (χ2n) is 5.42. The summed E-state index contributed by atoms with van der Waals surface area (Å²) in [5.41, 5.74) is 3.99. The number of ether oxygens (including phenoxy) is 2. The Kier molecular flexibility index (Phi) is 5.83. The van der Waals surface area contributed by atoms with E-state index in [0.717, 1.165) is 39.4 Å². The molecule has 0 aromatic heterocycles. The molecule has 0 saturated carbocycles. The van der Waals surface area contributed by atoms with Crippen molar-refractivity contribution in [1.29, 1.82) is 0 Å². The van der Waals surface area contributed by atoms with E-state index in [0.29, 0.717) is 6.10 Å². The molecule has 1 saturated heterocycles. The van der Waals surface area contributed by atoms with E-state index < -0.39 is 0 Å². The van der Waals surface area contributed by atoms with Crippen molar-refractivity contribution in [2.24, 2.45) is 0 Å². The average Bonchev–Trinajstić information content (AvgIpc) is 2.44. The number of morpholine rings is 1. The summed E-state index contributed by atoms with van der Waals surface area (Å²) in [6.07, 6.45) is 0.318. The molecule has 20 heavy (non-hydrogen) atoms. The van der Waals surface area contributed by atoms with Gasteiger partial charge in [-0.15, -0.1) is 0 Å². The molecular weight excluding hydrogens is 252 g/mol. The van der Waals surface area contributed by atoms with E-state index in [2.05, 4.69) is 42.3 Å². The maximum atomic E-state index is 5.61. The maximum absolute atomic E-state index is 5.61. The number of methoxy groups -OCH3 is 1. The third kappa shape index (κ3) is 4.20. The zero-order valence-electron chi connectivity index (χ0n) is 12.8. The van der Waals surface area contributed by atoms with Crippen LogP contribution in [0.2, 0.25) is 0 Å². The van der Waals surface area contributed by atoms with Crippen LogP contribution in [0.5, 0.6) is 0 Å². The van der Waals surface area contributed by atoms with E-state index in [1.165, 1.54) is 16.8 Å². The number of aryl methyl sites for hydroxylation is 1. The second kappa shape index (κ2) is 7.62. The maximum Gasteiger partial charge on any atom is 0.0722 e. The third-order valence-corrected chi connectivity index (χ3v) is 3.66. The SMILES string of the molecule is COCCNCc1ccc(N2CCOC(C)C2)c(C)c1. The van der Waals surface area contributed by atoms with Crippen LogP contribution in [0.4, 0.5) is 5.69 Å². The van der Waals surface area contributed by atoms with Gasteiger partial charge in [0.05, 0.1) is 19.3 Å². The standard InChI is InChI=1S/C16H26N2O2/c1-13-10-15(11-17-6-8-19-3)4-5-16(13)18-7-9-20-14(2)12-18/h4-5,10,14,17H,6-9,11-12H2,1-3H3. The molecule has 0 amide bonds. The summed E-state index contributed by atoms with van der Waals surface area (Å²) in [7, 11) is 1.73. The van der Waals surface area contributed by atoms with Gasteiger partial charge in [0, 0.05) is 39.0 Å². The first-order valence-corrected chi connectivity index (χ1v) is 7.36. The topological polar surface area (TPSA) is 33.7 Å². The molecule has 1 N–H and O–H groups in total. The fourth-order valence-electron chi connectivity index (χ4n) is 2.63. The molecule has 1 atom stereocenters. The van der Waals surface area contributed by atoms with Crippen LogP contribution in [0.1, 0.15) is 18.1 Å². The largest absolute Gasteiger partial charge is 0.383 e. The van der Waals surface area contributed by atoms with E-state index in [9.17, 15) is 0 Å². The highest BCUT2D eigenvalue weighted by atomic mass is 16.5. The van der Waals surface area contributed by atoms with Gasteiger partial charge in [0.25, 0.3) is 0 Å². The molecule has 4 nitrogen and oxygen atoms in total. The van der Waals surface area contributed by atoms with Crippen LogP contribution < -0.4 is 10.2 Å². The first-order valence-electron chi connectivity index (χ1n) is 7.36. The Bertz CT molecular complexity index is 423. The Morgan fingerprint density at radius 2 is 2.30 bits per heavy atom. The lowest BCUT2D eigenvalue weighted by Crippen LogP contribution is -2.41. The number of hydrogen-bond acceptors (Lipinski definition) is 4. The molecule has 1 aliphatic heterocycles. The molecular formula is C16H26N2O2. The van der Waals surface area contributed by atoms with Crippen molar-refractivity contribution in [2.75, 3.05) is 44.9 Å². The van der Waals surface area contributed by atoms with Gasteiger partial charge in [0.15, 0.2) is 0 Å². The highest BCUT2D eigenvalue weighted by Gasteiger charge is 2.18. The summed E-state index contributed by atoms with van der Waals surface area (Å²) in [4.78, 5) is 2.42. The number of rotatable bonds is 6. The Morgan fingerprint density at radius 1 is 1.45 bits per heavy atom. The highest BCUT2D eigenvalue weighted by Crippen LogP contribution is 2.23. The Balaban J connectivity index is 1.95. The average molecular weight is 278 g/mol. The number of hydrogen-bond donors (Lipinski definition) is 1. The van der Waals surface area contributed by atoms with Gasteiger partial charge in [-0.1, -0.05) is 12.1 Å². The third-order valence-electron chi connectivity index (χ3n) is 3.66. The highest BCUT2D eigenvalue weighted by molar-refractivity contribution is 5.54. The van der Waals surface area contributed by atoms with Crippen molar-refractivity contribution >= 4 is 5.69 Å². The zero-order chi connectivity index (χ0) is 14.4. The van der Waals surface area contributed by atoms with Gasteiger partial charge in [-0.05, 0) is 31.0 Å². The monoisotopic (exact) mass is 278 g/mol. The van der Waals surface area contributed by atoms with Crippen molar-refractivity contribution in [3.05, 3.63) is 29.3 Å². The smallest absolute Gasteiger partial charge is 0.0722 e. The van der Waals surface area contributed by atoms with Crippen molar-refractivity contribution in [3.63, 3.8) is 0 Å². The van der Waals surface area contributed by atoms with Crippen molar-refractivity contribution in [3.8, 4) is 0 Å². The molecule has 112 valence electrons. The summed E-state index contributed by atoms with van der Waals surface area (Å²) in [6.45, 7) is 9.64. The summed E-state index contributed by atoms with van der Waals surface area (Å²) in [5, 5.41) is 3.38. The van der Waals surface area contributed by atoms with E-state index in [1.807, 2.05) is 0 Å². The van der Waals surface area contributed by atoms with Crippen LogP contribution >= 0.6 is 0 Å². The molecule has 4 heteroatoms. The van der Waals surface area contributed by atoms with Gasteiger partial charge in [-0.25, -0.2) is 0 Å². The Hall–Kier alpha value is -1.10. The van der Waals surface area contributed by atoms with Crippen molar-refractivity contribution in [1.82, 2.24) is 5.32 Å². The fraction of sp³-hybridized carbons (Fsp3) is 0.625. The lowest BCUT2D eigenvalue weighted by atomic mass is 10.1. The summed E-state index contributed by atoms with van der Waals surface area (Å²) in [5.74, 6) is 0. The van der Waals surface area contributed by atoms with Crippen LogP contribution in [0.25, 0.3) is 0 Å². The van der Waals surface area contributed by atoms with E-state index >= 15 is 0 Å². The summed E-state index contributed by atoms with van der Waals surface area (Å²) in [6, 6.07) is 6.72. The molecule has 1 fully saturated rings. The normalized spacial score (nSPS) is 19.4. The van der Waals surface area contributed by atoms with Gasteiger partial charge >= 0.3 is 0 Å². The first kappa shape index (κ1) is 15.3. The number of anilines is 1. The molecule has 0 aliphatic carbocycles. The molecule has 1 aliphatic rings. The Morgan fingerprint density at radius 3 is 3.00 bits per heavy atom. The predicted octanol–water partition coefficient (Wildman–Crippen LogP) is 1.96. The van der Waals surface area contributed by atoms with Gasteiger partial charge < -0.3 is 19.7 Å². The molecule has 2 rings (SSSR count). The number of benzene rings is 1. The molecule has 0 spiro atoms. The summed E-state index contributed by atoms with van der Waals surface area (Å²) >= 11 is 0. The van der Waals surface area contributed by atoms with Crippen molar-refractivity contribution in [2.45, 2.75) is 26.5 Å². The molecule has 1 heterocycles. The molecule has 1 unspecified atom stereocenters. The first-order chi connectivity index (χ1) is 9.70. The minimum atomic E-state index is 0.318. The molecule has 0 bridgehead atoms. The quantitative estimate of drug-likeness (QED) is 0.807. The number of nitrogens with zero attached hydrogens (tertiary/aromatic N) is 1. The van der Waals surface area contributed by atoms with E-state index in [1.54, 1.807) is 7.11 Å². The van der Waals surface area contributed by atoms with E-state index in [-0.39, 0.29) is 0 Å². The van der Waals surface area contributed by atoms with Gasteiger partial charge in [-0.2, -0.15) is 0 Å². The zero-order valence-corrected chi connectivity index (χ0v) is 12.8. The lowest BCUT2D eigenvalue weighted by molar-refractivity contribution is 0.0532. The molecule has 1 aromatic carbocycles. The lowest BCUT2D eigenvalue weighted by Gasteiger charge is -2.34. The fourth-order valence-corrected chi connectivity index (χ4v) is 2.63. The van der Waals surface area contributed by atoms with Crippen molar-refractivity contribution < 1.29 is 9.47 Å². The Labute approximate surface area is 122 Å². The van der Waals surface area contributed by atoms with Crippen LogP contribution in [0, 0.1) is 6.92 Å². The van der Waals surface area contributed by atoms with Gasteiger partial charge in [-0.3, -0.25) is 0 Å².